The van der Waals surface area contributed by atoms with Gasteiger partial charge in [0.2, 0.25) is 0 Å². The molecule has 15 heavy (non-hydrogen) atoms. The first-order valence-electron chi connectivity index (χ1n) is 5.02. The second kappa shape index (κ2) is 11.4. The Morgan fingerprint density at radius 3 is 1.80 bits per heavy atom. The molecule has 0 aromatic rings. The first-order chi connectivity index (χ1) is 6.82. The van der Waals surface area contributed by atoms with E-state index in [2.05, 4.69) is 79.8 Å². The average Bonchev–Trinajstić information content (AvgIpc) is 2.02. The van der Waals surface area contributed by atoms with Gasteiger partial charge in [-0.2, -0.15) is 0 Å². The van der Waals surface area contributed by atoms with Crippen LogP contribution in [0.15, 0.2) is 0 Å². The van der Waals surface area contributed by atoms with Crippen LogP contribution in [0, 0.1) is 23.0 Å². The minimum atomic E-state index is 0.251. The van der Waals surface area contributed by atoms with Crippen molar-refractivity contribution in [1.29, 1.82) is 0 Å². The summed E-state index contributed by atoms with van der Waals surface area (Å²) in [7, 11) is 3.44. The maximum Gasteiger partial charge on any atom is 0.0836 e. The van der Waals surface area contributed by atoms with Crippen LogP contribution >= 0.6 is 43.0 Å². The number of hydrogen-bond donors (Lipinski definition) is 1. The Bertz CT molecular complexity index is 184. The number of rotatable bonds is 2. The van der Waals surface area contributed by atoms with Crippen molar-refractivity contribution in [2.45, 2.75) is 40.7 Å². The normalized spacial score (nSPS) is 11.9. The van der Waals surface area contributed by atoms with Crippen LogP contribution in [-0.4, -0.2) is 17.4 Å². The summed E-state index contributed by atoms with van der Waals surface area (Å²) >= 11 is 6.39. The van der Waals surface area contributed by atoms with Gasteiger partial charge in [-0.05, 0) is 33.1 Å². The lowest BCUT2D eigenvalue weighted by Gasteiger charge is -2.20. The highest BCUT2D eigenvalue weighted by molar-refractivity contribution is 14.2. The molecule has 0 rings (SSSR count). The van der Waals surface area contributed by atoms with Crippen molar-refractivity contribution in [3.05, 3.63) is 0 Å². The molecule has 0 spiro atoms. The number of hydrogen-bond acceptors (Lipinski definition) is 3. The SMILES string of the molecule is CC(C)C.CC(C)C(C#CSI)N(C)S. The lowest BCUT2D eigenvalue weighted by atomic mass is 10.1. The molecule has 0 aliphatic rings. The molecule has 0 N–H and O–H groups in total. The third-order valence-corrected chi connectivity index (χ3v) is 2.38. The van der Waals surface area contributed by atoms with Crippen LogP contribution in [0.25, 0.3) is 0 Å². The van der Waals surface area contributed by atoms with Gasteiger partial charge in [-0.1, -0.05) is 53.4 Å². The Morgan fingerprint density at radius 2 is 1.60 bits per heavy atom. The number of thiol groups is 1. The maximum absolute atomic E-state index is 4.22. The minimum Gasteiger partial charge on any atom is -0.241 e. The van der Waals surface area contributed by atoms with Crippen LogP contribution in [0.1, 0.15) is 34.6 Å². The zero-order valence-electron chi connectivity index (χ0n) is 10.4. The third-order valence-electron chi connectivity index (χ3n) is 1.28. The molecule has 90 valence electrons. The highest BCUT2D eigenvalue weighted by atomic mass is 127. The van der Waals surface area contributed by atoms with Gasteiger partial charge in [-0.25, -0.2) is 4.31 Å². The molecule has 0 fully saturated rings. The van der Waals surface area contributed by atoms with Crippen molar-refractivity contribution in [2.24, 2.45) is 11.8 Å². The lowest BCUT2D eigenvalue weighted by molar-refractivity contribution is 0.393. The smallest absolute Gasteiger partial charge is 0.0836 e. The third kappa shape index (κ3) is 14.9. The van der Waals surface area contributed by atoms with Crippen molar-refractivity contribution in [3.63, 3.8) is 0 Å². The van der Waals surface area contributed by atoms with E-state index in [0.717, 1.165) is 5.92 Å². The fourth-order valence-corrected chi connectivity index (χ4v) is 1.65. The molecule has 0 saturated carbocycles. The molecule has 0 amide bonds. The van der Waals surface area contributed by atoms with E-state index in [9.17, 15) is 0 Å². The Morgan fingerprint density at radius 1 is 1.20 bits per heavy atom. The van der Waals surface area contributed by atoms with E-state index in [0.29, 0.717) is 5.92 Å². The zero-order valence-corrected chi connectivity index (χ0v) is 14.3. The van der Waals surface area contributed by atoms with E-state index < -0.39 is 0 Å². The van der Waals surface area contributed by atoms with E-state index in [1.807, 2.05) is 11.4 Å². The fraction of sp³-hybridized carbons (Fsp3) is 0.818. The maximum atomic E-state index is 4.22. The van der Waals surface area contributed by atoms with Crippen molar-refractivity contribution >= 4 is 43.0 Å². The quantitative estimate of drug-likeness (QED) is 0.440. The van der Waals surface area contributed by atoms with E-state index in [1.54, 1.807) is 0 Å². The molecule has 1 nitrogen and oxygen atoms in total. The van der Waals surface area contributed by atoms with Crippen LogP contribution in [0.2, 0.25) is 0 Å². The molecule has 0 aromatic carbocycles. The zero-order chi connectivity index (χ0) is 12.4. The highest BCUT2D eigenvalue weighted by Gasteiger charge is 2.12. The molecule has 0 saturated heterocycles. The van der Waals surface area contributed by atoms with Gasteiger partial charge in [0.15, 0.2) is 0 Å². The minimum absolute atomic E-state index is 0.251. The number of nitrogens with zero attached hydrogens (tertiary/aromatic N) is 1. The second-order valence-electron chi connectivity index (χ2n) is 4.32. The van der Waals surface area contributed by atoms with Gasteiger partial charge in [-0.3, -0.25) is 0 Å². The molecule has 0 aliphatic heterocycles. The van der Waals surface area contributed by atoms with Gasteiger partial charge in [0.25, 0.3) is 0 Å². The molecule has 4 heteroatoms. The Kier molecular flexibility index (Phi) is 14.0. The van der Waals surface area contributed by atoms with Crippen molar-refractivity contribution < 1.29 is 0 Å². The summed E-state index contributed by atoms with van der Waals surface area (Å²) in [4.78, 5) is 0. The summed E-state index contributed by atoms with van der Waals surface area (Å²) in [5, 5.41) is 2.97. The van der Waals surface area contributed by atoms with E-state index in [4.69, 9.17) is 0 Å². The first kappa shape index (κ1) is 18.3. The highest BCUT2D eigenvalue weighted by Crippen LogP contribution is 2.12. The Labute approximate surface area is 117 Å². The summed E-state index contributed by atoms with van der Waals surface area (Å²) < 4.78 is 1.85. The molecule has 0 aromatic heterocycles. The monoisotopic (exact) mass is 359 g/mol. The van der Waals surface area contributed by atoms with Crippen molar-refractivity contribution in [3.8, 4) is 11.2 Å². The number of halogens is 1. The Balaban J connectivity index is 0. The van der Waals surface area contributed by atoms with Crippen molar-refractivity contribution in [1.82, 2.24) is 4.31 Å². The van der Waals surface area contributed by atoms with Crippen molar-refractivity contribution in [2.75, 3.05) is 7.05 Å². The van der Waals surface area contributed by atoms with Gasteiger partial charge in [0, 0.05) is 21.2 Å². The summed E-state index contributed by atoms with van der Waals surface area (Å²) in [5.74, 6) is 4.48. The average molecular weight is 359 g/mol. The topological polar surface area (TPSA) is 3.24 Å². The van der Waals surface area contributed by atoms with Gasteiger partial charge >= 0.3 is 0 Å². The fourth-order valence-electron chi connectivity index (χ4n) is 0.774. The molecular weight excluding hydrogens is 337 g/mol. The molecule has 0 radical (unpaired) electrons. The standard InChI is InChI=1S/C7H12INS2.C4H10/c1-6(2)7(9(3)10)4-5-11-8;1-4(2)3/h6-7,10H,1-3H3;4H,1-3H3. The second-order valence-corrected chi connectivity index (χ2v) is 6.63. The molecule has 0 bridgehead atoms. The van der Waals surface area contributed by atoms with E-state index >= 15 is 0 Å². The van der Waals surface area contributed by atoms with Gasteiger partial charge in [0.05, 0.1) is 6.04 Å². The molecule has 1 unspecified atom stereocenters. The Hall–Kier alpha value is 0.950. The van der Waals surface area contributed by atoms with E-state index in [-0.39, 0.29) is 6.04 Å². The predicted molar refractivity (Wildman–Crippen MR) is 85.3 cm³/mol. The van der Waals surface area contributed by atoms with Crippen LogP contribution in [0.3, 0.4) is 0 Å². The molecular formula is C11H22INS2. The van der Waals surface area contributed by atoms with E-state index in [1.165, 1.54) is 8.93 Å². The van der Waals surface area contributed by atoms with Gasteiger partial charge in [-0.15, -0.1) is 0 Å². The summed E-state index contributed by atoms with van der Waals surface area (Å²) in [6, 6.07) is 0.251. The summed E-state index contributed by atoms with van der Waals surface area (Å²) in [6.07, 6.45) is 0. The summed E-state index contributed by atoms with van der Waals surface area (Å²) in [5.41, 5.74) is 0. The molecule has 0 heterocycles. The first-order valence-corrected chi connectivity index (χ1v) is 8.78. The van der Waals surface area contributed by atoms with Gasteiger partial charge < -0.3 is 0 Å². The lowest BCUT2D eigenvalue weighted by Crippen LogP contribution is -2.27. The summed E-state index contributed by atoms with van der Waals surface area (Å²) in [6.45, 7) is 10.8. The van der Waals surface area contributed by atoms with Crippen LogP contribution in [0.5, 0.6) is 0 Å². The predicted octanol–water partition coefficient (Wildman–Crippen LogP) is 4.49. The van der Waals surface area contributed by atoms with Crippen LogP contribution < -0.4 is 0 Å². The van der Waals surface area contributed by atoms with Crippen LogP contribution in [-0.2, 0) is 0 Å². The van der Waals surface area contributed by atoms with Crippen LogP contribution in [0.4, 0.5) is 0 Å². The van der Waals surface area contributed by atoms with Gasteiger partial charge in [0.1, 0.15) is 0 Å². The largest absolute Gasteiger partial charge is 0.241 e. The molecule has 1 atom stereocenters. The molecule has 0 aliphatic carbocycles.